The van der Waals surface area contributed by atoms with Gasteiger partial charge in [0.05, 0.1) is 17.3 Å². The molecule has 2 N–H and O–H groups in total. The van der Waals surface area contributed by atoms with Crippen LogP contribution in [-0.2, 0) is 9.59 Å². The summed E-state index contributed by atoms with van der Waals surface area (Å²) in [6.45, 7) is 2.49. The third kappa shape index (κ3) is 4.86. The molecule has 0 bridgehead atoms. The van der Waals surface area contributed by atoms with E-state index in [0.29, 0.717) is 6.61 Å². The zero-order chi connectivity index (χ0) is 15.2. The first kappa shape index (κ1) is 15.5. The van der Waals surface area contributed by atoms with Crippen LogP contribution in [0.25, 0.3) is 0 Å². The molecule has 1 aliphatic rings. The summed E-state index contributed by atoms with van der Waals surface area (Å²) in [6.07, 6.45) is 3.33. The fraction of sp³-hybridized carbons (Fsp3) is 0.357. The van der Waals surface area contributed by atoms with Gasteiger partial charge in [-0.25, -0.2) is 5.43 Å². The number of hydrogen-bond acceptors (Lipinski definition) is 4. The van der Waals surface area contributed by atoms with Gasteiger partial charge in [0.2, 0.25) is 0 Å². The Hall–Kier alpha value is -1.89. The van der Waals surface area contributed by atoms with Gasteiger partial charge in [-0.3, -0.25) is 9.59 Å². The lowest BCUT2D eigenvalue weighted by atomic mass is 10.2. The highest BCUT2D eigenvalue weighted by atomic mass is 79.9. The van der Waals surface area contributed by atoms with Crippen LogP contribution in [0.5, 0.6) is 5.75 Å². The van der Waals surface area contributed by atoms with Crippen molar-refractivity contribution in [2.75, 3.05) is 6.61 Å². The molecule has 0 aromatic heterocycles. The Morgan fingerprint density at radius 3 is 2.81 bits per heavy atom. The standard InChI is InChI=1S/C14H16BrN3O3/c1-2-21-12-6-3-9(7-11(12)15)8-16-18-14(20)13(19)17-10-4-5-10/h3,6-8,10H,2,4-5H2,1H3,(H,17,19)(H,18,20)/b16-8-. The Bertz CT molecular complexity index is 571. The van der Waals surface area contributed by atoms with Crippen molar-refractivity contribution in [1.29, 1.82) is 0 Å². The number of hydrazone groups is 1. The maximum atomic E-state index is 11.4. The van der Waals surface area contributed by atoms with E-state index in [-0.39, 0.29) is 6.04 Å². The van der Waals surface area contributed by atoms with Gasteiger partial charge < -0.3 is 10.1 Å². The molecule has 0 heterocycles. The van der Waals surface area contributed by atoms with Crippen LogP contribution in [0.1, 0.15) is 25.3 Å². The molecular formula is C14H16BrN3O3. The van der Waals surface area contributed by atoms with Gasteiger partial charge in [0.15, 0.2) is 0 Å². The van der Waals surface area contributed by atoms with E-state index in [2.05, 4.69) is 31.8 Å². The maximum absolute atomic E-state index is 11.4. The molecule has 1 aliphatic carbocycles. The predicted octanol–water partition coefficient (Wildman–Crippen LogP) is 1.58. The quantitative estimate of drug-likeness (QED) is 0.479. The molecule has 1 fully saturated rings. The summed E-state index contributed by atoms with van der Waals surface area (Å²) in [7, 11) is 0. The largest absolute Gasteiger partial charge is 0.493 e. The van der Waals surface area contributed by atoms with Crippen LogP contribution in [0.2, 0.25) is 0 Å². The summed E-state index contributed by atoms with van der Waals surface area (Å²) in [5.74, 6) is -0.673. The zero-order valence-electron chi connectivity index (χ0n) is 11.6. The van der Waals surface area contributed by atoms with Crippen molar-refractivity contribution in [3.05, 3.63) is 28.2 Å². The summed E-state index contributed by atoms with van der Waals surface area (Å²) in [4.78, 5) is 22.8. The molecule has 0 atom stereocenters. The van der Waals surface area contributed by atoms with E-state index in [1.807, 2.05) is 13.0 Å². The van der Waals surface area contributed by atoms with Gasteiger partial charge in [-0.2, -0.15) is 5.10 Å². The molecule has 0 spiro atoms. The van der Waals surface area contributed by atoms with Crippen LogP contribution in [0.3, 0.4) is 0 Å². The SMILES string of the molecule is CCOc1ccc(/C=N\NC(=O)C(=O)NC2CC2)cc1Br. The molecule has 21 heavy (non-hydrogen) atoms. The fourth-order valence-electron chi connectivity index (χ4n) is 1.56. The topological polar surface area (TPSA) is 79.8 Å². The van der Waals surface area contributed by atoms with Gasteiger partial charge in [-0.05, 0) is 59.5 Å². The minimum Gasteiger partial charge on any atom is -0.493 e. The Balaban J connectivity index is 1.87. The van der Waals surface area contributed by atoms with E-state index >= 15 is 0 Å². The minimum absolute atomic E-state index is 0.147. The number of carbonyl (C=O) groups excluding carboxylic acids is 2. The van der Waals surface area contributed by atoms with Crippen LogP contribution < -0.4 is 15.5 Å². The molecule has 0 saturated heterocycles. The summed E-state index contributed by atoms with van der Waals surface area (Å²) >= 11 is 3.39. The lowest BCUT2D eigenvalue weighted by molar-refractivity contribution is -0.139. The molecule has 2 amide bonds. The first-order chi connectivity index (χ1) is 10.1. The number of benzene rings is 1. The van der Waals surface area contributed by atoms with Crippen LogP contribution >= 0.6 is 15.9 Å². The van der Waals surface area contributed by atoms with Crippen molar-refractivity contribution in [3.63, 3.8) is 0 Å². The number of carbonyl (C=O) groups is 2. The number of nitrogens with one attached hydrogen (secondary N) is 2. The number of halogens is 1. The Morgan fingerprint density at radius 1 is 1.43 bits per heavy atom. The predicted molar refractivity (Wildman–Crippen MR) is 82.2 cm³/mol. The molecule has 1 aromatic rings. The lowest BCUT2D eigenvalue weighted by Crippen LogP contribution is -2.38. The van der Waals surface area contributed by atoms with Gasteiger partial charge in [-0.15, -0.1) is 0 Å². The number of hydrogen-bond donors (Lipinski definition) is 2. The van der Waals surface area contributed by atoms with Gasteiger partial charge in [-0.1, -0.05) is 0 Å². The summed E-state index contributed by atoms with van der Waals surface area (Å²) < 4.78 is 6.19. The first-order valence-corrected chi connectivity index (χ1v) is 7.45. The molecule has 6 nitrogen and oxygen atoms in total. The summed E-state index contributed by atoms with van der Waals surface area (Å²) in [5, 5.41) is 6.34. The first-order valence-electron chi connectivity index (χ1n) is 6.66. The highest BCUT2D eigenvalue weighted by molar-refractivity contribution is 9.10. The molecule has 7 heteroatoms. The van der Waals surface area contributed by atoms with Crippen molar-refractivity contribution >= 4 is 34.0 Å². The molecule has 112 valence electrons. The highest BCUT2D eigenvalue weighted by Crippen LogP contribution is 2.25. The highest BCUT2D eigenvalue weighted by Gasteiger charge is 2.26. The molecule has 0 aliphatic heterocycles. The minimum atomic E-state index is -0.761. The molecular weight excluding hydrogens is 338 g/mol. The van der Waals surface area contributed by atoms with Gasteiger partial charge in [0.25, 0.3) is 0 Å². The second-order valence-corrected chi connectivity index (χ2v) is 5.42. The van der Waals surface area contributed by atoms with Crippen LogP contribution in [0, 0.1) is 0 Å². The van der Waals surface area contributed by atoms with E-state index in [0.717, 1.165) is 28.6 Å². The van der Waals surface area contributed by atoms with E-state index in [1.54, 1.807) is 12.1 Å². The van der Waals surface area contributed by atoms with Gasteiger partial charge in [0, 0.05) is 6.04 Å². The number of amides is 2. The Kier molecular flexibility index (Phi) is 5.32. The molecule has 0 radical (unpaired) electrons. The monoisotopic (exact) mass is 353 g/mol. The van der Waals surface area contributed by atoms with Crippen LogP contribution in [-0.4, -0.2) is 30.7 Å². The third-order valence-electron chi connectivity index (χ3n) is 2.75. The Morgan fingerprint density at radius 2 is 2.19 bits per heavy atom. The smallest absolute Gasteiger partial charge is 0.329 e. The average molecular weight is 354 g/mol. The second kappa shape index (κ2) is 7.21. The zero-order valence-corrected chi connectivity index (χ0v) is 13.1. The fourth-order valence-corrected chi connectivity index (χ4v) is 2.08. The normalized spacial score (nSPS) is 14.0. The third-order valence-corrected chi connectivity index (χ3v) is 3.37. The molecule has 2 rings (SSSR count). The van der Waals surface area contributed by atoms with E-state index in [9.17, 15) is 9.59 Å². The van der Waals surface area contributed by atoms with Crippen molar-refractivity contribution < 1.29 is 14.3 Å². The summed E-state index contributed by atoms with van der Waals surface area (Å²) in [5.41, 5.74) is 2.97. The Labute approximate surface area is 131 Å². The average Bonchev–Trinajstić information content (AvgIpc) is 3.25. The lowest BCUT2D eigenvalue weighted by Gasteiger charge is -2.05. The van der Waals surface area contributed by atoms with Crippen LogP contribution in [0.4, 0.5) is 0 Å². The van der Waals surface area contributed by atoms with Gasteiger partial charge in [0.1, 0.15) is 5.75 Å². The van der Waals surface area contributed by atoms with Crippen molar-refractivity contribution in [2.24, 2.45) is 5.10 Å². The molecule has 1 aromatic carbocycles. The number of nitrogens with zero attached hydrogens (tertiary/aromatic N) is 1. The summed E-state index contributed by atoms with van der Waals surface area (Å²) in [6, 6.07) is 5.56. The van der Waals surface area contributed by atoms with Crippen molar-refractivity contribution in [1.82, 2.24) is 10.7 Å². The van der Waals surface area contributed by atoms with Crippen LogP contribution in [0.15, 0.2) is 27.8 Å². The van der Waals surface area contributed by atoms with E-state index < -0.39 is 11.8 Å². The van der Waals surface area contributed by atoms with Crippen molar-refractivity contribution in [3.8, 4) is 5.75 Å². The number of ether oxygens (including phenoxy) is 1. The number of rotatable bonds is 5. The molecule has 0 unspecified atom stereocenters. The van der Waals surface area contributed by atoms with E-state index in [1.165, 1.54) is 6.21 Å². The maximum Gasteiger partial charge on any atom is 0.329 e. The second-order valence-electron chi connectivity index (χ2n) is 4.57. The van der Waals surface area contributed by atoms with Gasteiger partial charge >= 0.3 is 11.8 Å². The van der Waals surface area contributed by atoms with Crippen molar-refractivity contribution in [2.45, 2.75) is 25.8 Å². The molecule has 1 saturated carbocycles. The van der Waals surface area contributed by atoms with E-state index in [4.69, 9.17) is 4.74 Å².